The quantitative estimate of drug-likeness (QED) is 0.358. The number of thioether (sulfide) groups is 1. The van der Waals surface area contributed by atoms with Crippen LogP contribution in [0.3, 0.4) is 0 Å². The van der Waals surface area contributed by atoms with Gasteiger partial charge in [0, 0.05) is 19.0 Å². The van der Waals surface area contributed by atoms with E-state index in [2.05, 4.69) is 27.3 Å². The Bertz CT molecular complexity index is 969. The number of ether oxygens (including phenoxy) is 2. The van der Waals surface area contributed by atoms with Gasteiger partial charge in [-0.25, -0.2) is 0 Å². The summed E-state index contributed by atoms with van der Waals surface area (Å²) in [5.74, 6) is -2.84. The smallest absolute Gasteiger partial charge is 0.319 e. The summed E-state index contributed by atoms with van der Waals surface area (Å²) < 4.78 is 10.7. The molecule has 1 aromatic carbocycles. The molecule has 33 heavy (non-hydrogen) atoms. The number of hydrogen-bond donors (Lipinski definition) is 1. The van der Waals surface area contributed by atoms with Gasteiger partial charge < -0.3 is 19.7 Å². The number of nitrogens with one attached hydrogen (secondary N) is 1. The lowest BCUT2D eigenvalue weighted by molar-refractivity contribution is -0.150. The molecule has 8 nitrogen and oxygen atoms in total. The van der Waals surface area contributed by atoms with E-state index in [-0.39, 0.29) is 22.3 Å². The number of nitriles is 1. The molecule has 2 atom stereocenters. The number of carbonyl (C=O) groups excluding carboxylic acids is 3. The first-order chi connectivity index (χ1) is 15.8. The van der Waals surface area contributed by atoms with Gasteiger partial charge in [-0.1, -0.05) is 31.7 Å². The molecule has 2 rings (SSSR count). The molecule has 0 radical (unpaired) electrons. The third kappa shape index (κ3) is 6.30. The second kappa shape index (κ2) is 12.7. The van der Waals surface area contributed by atoms with Gasteiger partial charge in [0.15, 0.2) is 0 Å². The molecule has 1 heterocycles. The first kappa shape index (κ1) is 26.7. The molecule has 0 aliphatic carbocycles. The standard InChI is InChI=1S/C23H28BrN3O5S/c1-5-9-27(10-6-2)18(28)13-33-22-15(12-25)19(20(21(29)26-22)23(30)32-4)14-7-8-17(31-3)16(24)11-14/h7-8,11,19-20H,5-6,9-10,13H2,1-4H3,(H,26,29)/t19-,20+/m0/s1. The maximum absolute atomic E-state index is 12.9. The lowest BCUT2D eigenvalue weighted by atomic mass is 9.78. The number of esters is 1. The molecule has 1 N–H and O–H groups in total. The number of carbonyl (C=O) groups is 3. The third-order valence-electron chi connectivity index (χ3n) is 5.20. The van der Waals surface area contributed by atoms with Crippen molar-refractivity contribution in [3.8, 4) is 11.8 Å². The van der Waals surface area contributed by atoms with Crippen molar-refractivity contribution in [1.29, 1.82) is 5.26 Å². The van der Waals surface area contributed by atoms with Crippen LogP contribution < -0.4 is 10.1 Å². The Morgan fingerprint density at radius 3 is 2.42 bits per heavy atom. The van der Waals surface area contributed by atoms with Crippen LogP contribution in [0.1, 0.15) is 38.2 Å². The van der Waals surface area contributed by atoms with Crippen molar-refractivity contribution in [3.63, 3.8) is 0 Å². The lowest BCUT2D eigenvalue weighted by Gasteiger charge is -2.31. The van der Waals surface area contributed by atoms with Crippen LogP contribution >= 0.6 is 27.7 Å². The molecule has 2 amide bonds. The van der Waals surface area contributed by atoms with Crippen molar-refractivity contribution in [2.24, 2.45) is 5.92 Å². The number of benzene rings is 1. The highest BCUT2D eigenvalue weighted by atomic mass is 79.9. The molecule has 1 aromatic rings. The number of methoxy groups -OCH3 is 2. The van der Waals surface area contributed by atoms with Crippen LogP contribution in [0.15, 0.2) is 33.3 Å². The second-order valence-corrected chi connectivity index (χ2v) is 9.23. The van der Waals surface area contributed by atoms with Gasteiger partial charge in [-0.3, -0.25) is 14.4 Å². The fraction of sp³-hybridized carbons (Fsp3) is 0.478. The highest BCUT2D eigenvalue weighted by Crippen LogP contribution is 2.42. The van der Waals surface area contributed by atoms with E-state index >= 15 is 0 Å². The average Bonchev–Trinajstić information content (AvgIpc) is 2.81. The van der Waals surface area contributed by atoms with Gasteiger partial charge in [-0.15, -0.1) is 0 Å². The van der Waals surface area contributed by atoms with Crippen molar-refractivity contribution in [2.75, 3.05) is 33.1 Å². The predicted molar refractivity (Wildman–Crippen MR) is 129 cm³/mol. The van der Waals surface area contributed by atoms with Crippen LogP contribution in [0.25, 0.3) is 0 Å². The third-order valence-corrected chi connectivity index (χ3v) is 6.82. The van der Waals surface area contributed by atoms with Gasteiger partial charge in [-0.05, 0) is 46.5 Å². The first-order valence-electron chi connectivity index (χ1n) is 10.6. The number of nitrogens with zero attached hydrogens (tertiary/aromatic N) is 2. The van der Waals surface area contributed by atoms with Crippen molar-refractivity contribution >= 4 is 45.5 Å². The minimum absolute atomic E-state index is 0.0680. The topological polar surface area (TPSA) is 109 Å². The molecule has 1 aliphatic heterocycles. The Labute approximate surface area is 206 Å². The summed E-state index contributed by atoms with van der Waals surface area (Å²) in [7, 11) is 2.73. The zero-order chi connectivity index (χ0) is 24.5. The van der Waals surface area contributed by atoms with Crippen molar-refractivity contribution in [1.82, 2.24) is 10.2 Å². The molecule has 0 fully saturated rings. The molecule has 0 aromatic heterocycles. The summed E-state index contributed by atoms with van der Waals surface area (Å²) in [6.07, 6.45) is 1.68. The number of rotatable bonds is 10. The minimum Gasteiger partial charge on any atom is -0.496 e. The fourth-order valence-electron chi connectivity index (χ4n) is 3.68. The molecule has 0 unspecified atom stereocenters. The Morgan fingerprint density at radius 2 is 1.91 bits per heavy atom. The summed E-state index contributed by atoms with van der Waals surface area (Å²) in [5.41, 5.74) is 0.782. The molecule has 10 heteroatoms. The van der Waals surface area contributed by atoms with E-state index in [0.717, 1.165) is 24.6 Å². The van der Waals surface area contributed by atoms with Crippen LogP contribution in [-0.2, 0) is 19.1 Å². The summed E-state index contributed by atoms with van der Waals surface area (Å²) in [6.45, 7) is 5.31. The average molecular weight is 538 g/mol. The van der Waals surface area contributed by atoms with E-state index in [0.29, 0.717) is 28.9 Å². The van der Waals surface area contributed by atoms with E-state index in [1.807, 2.05) is 13.8 Å². The Balaban J connectivity index is 2.46. The molecule has 178 valence electrons. The number of halogens is 1. The van der Waals surface area contributed by atoms with Gasteiger partial charge in [0.1, 0.15) is 11.7 Å². The van der Waals surface area contributed by atoms with Crippen molar-refractivity contribution in [3.05, 3.63) is 38.8 Å². The van der Waals surface area contributed by atoms with Crippen LogP contribution in [0.2, 0.25) is 0 Å². The predicted octanol–water partition coefficient (Wildman–Crippen LogP) is 3.58. The maximum atomic E-state index is 12.9. The molecule has 0 saturated carbocycles. The number of hydrogen-bond acceptors (Lipinski definition) is 7. The molecule has 1 aliphatic rings. The minimum atomic E-state index is -1.23. The highest BCUT2D eigenvalue weighted by Gasteiger charge is 2.44. The van der Waals surface area contributed by atoms with Crippen LogP contribution in [0.5, 0.6) is 5.75 Å². The molecule has 0 saturated heterocycles. The normalized spacial score (nSPS) is 17.8. The summed E-state index contributed by atoms with van der Waals surface area (Å²) in [6, 6.07) is 7.26. The van der Waals surface area contributed by atoms with Crippen LogP contribution in [0, 0.1) is 17.2 Å². The fourth-order valence-corrected chi connectivity index (χ4v) is 5.19. The number of amides is 2. The van der Waals surface area contributed by atoms with E-state index in [4.69, 9.17) is 9.47 Å². The second-order valence-electron chi connectivity index (χ2n) is 7.39. The zero-order valence-corrected chi connectivity index (χ0v) is 21.5. The van der Waals surface area contributed by atoms with E-state index < -0.39 is 23.7 Å². The Hall–Kier alpha value is -2.51. The lowest BCUT2D eigenvalue weighted by Crippen LogP contribution is -2.44. The van der Waals surface area contributed by atoms with E-state index in [9.17, 15) is 19.6 Å². The van der Waals surface area contributed by atoms with Gasteiger partial charge >= 0.3 is 5.97 Å². The molecular formula is C23H28BrN3O5S. The SMILES string of the molecule is CCCN(CCC)C(=O)CSC1=C(C#N)[C@H](c2ccc(OC)c(Br)c2)[C@@H](C(=O)OC)C(=O)N1. The number of allylic oxidation sites excluding steroid dienone is 1. The first-order valence-corrected chi connectivity index (χ1v) is 12.4. The molecule has 0 bridgehead atoms. The van der Waals surface area contributed by atoms with Crippen LogP contribution in [-0.4, -0.2) is 55.7 Å². The Kier molecular flexibility index (Phi) is 10.3. The molecular weight excluding hydrogens is 510 g/mol. The van der Waals surface area contributed by atoms with Gasteiger partial charge in [0.05, 0.1) is 41.1 Å². The van der Waals surface area contributed by atoms with E-state index in [1.54, 1.807) is 23.1 Å². The summed E-state index contributed by atoms with van der Waals surface area (Å²) in [5, 5.41) is 12.9. The molecule has 0 spiro atoms. The highest BCUT2D eigenvalue weighted by molar-refractivity contribution is 9.10. The largest absolute Gasteiger partial charge is 0.496 e. The maximum Gasteiger partial charge on any atom is 0.319 e. The van der Waals surface area contributed by atoms with Crippen molar-refractivity contribution < 1.29 is 23.9 Å². The Morgan fingerprint density at radius 1 is 1.24 bits per heavy atom. The van der Waals surface area contributed by atoms with Gasteiger partial charge in [0.25, 0.3) is 0 Å². The monoisotopic (exact) mass is 537 g/mol. The summed E-state index contributed by atoms with van der Waals surface area (Å²) in [4.78, 5) is 40.0. The van der Waals surface area contributed by atoms with Crippen molar-refractivity contribution in [2.45, 2.75) is 32.6 Å². The van der Waals surface area contributed by atoms with E-state index in [1.165, 1.54) is 14.2 Å². The van der Waals surface area contributed by atoms with Crippen LogP contribution in [0.4, 0.5) is 0 Å². The zero-order valence-electron chi connectivity index (χ0n) is 19.1. The summed E-state index contributed by atoms with van der Waals surface area (Å²) >= 11 is 4.52. The van der Waals surface area contributed by atoms with Gasteiger partial charge in [-0.2, -0.15) is 5.26 Å². The van der Waals surface area contributed by atoms with Gasteiger partial charge in [0.2, 0.25) is 11.8 Å².